The lowest BCUT2D eigenvalue weighted by molar-refractivity contribution is -0.125. The number of nitrogens with zero attached hydrogens (tertiary/aromatic N) is 3. The minimum absolute atomic E-state index is 0.0576. The van der Waals surface area contributed by atoms with Gasteiger partial charge in [0.15, 0.2) is 6.10 Å². The first-order chi connectivity index (χ1) is 11.0. The van der Waals surface area contributed by atoms with Crippen molar-refractivity contribution < 1.29 is 19.1 Å². The van der Waals surface area contributed by atoms with Gasteiger partial charge in [0.2, 0.25) is 5.91 Å². The molecule has 0 saturated carbocycles. The van der Waals surface area contributed by atoms with Gasteiger partial charge in [-0.05, 0) is 24.3 Å². The number of benzene rings is 1. The van der Waals surface area contributed by atoms with E-state index >= 15 is 0 Å². The Balaban J connectivity index is 1.79. The maximum Gasteiger partial charge on any atom is 0.415 e. The van der Waals surface area contributed by atoms with Gasteiger partial charge in [-0.3, -0.25) is 24.4 Å². The third kappa shape index (κ3) is 2.75. The molecule has 8 nitrogen and oxygen atoms in total. The smallest absolute Gasteiger partial charge is 0.415 e. The SMILES string of the molecule is CC(=O)N1CCN=C1c1ccc(N2C[C@@H](C(N)=O)OC2=O)cc1. The summed E-state index contributed by atoms with van der Waals surface area (Å²) in [5.41, 5.74) is 6.54. The zero-order chi connectivity index (χ0) is 16.6. The number of cyclic esters (lactones) is 1. The first-order valence-electron chi connectivity index (χ1n) is 7.18. The van der Waals surface area contributed by atoms with Crippen molar-refractivity contribution in [2.45, 2.75) is 13.0 Å². The summed E-state index contributed by atoms with van der Waals surface area (Å²) in [5.74, 6) is -0.101. The number of carbonyl (C=O) groups excluding carboxylic acids is 3. The fraction of sp³-hybridized carbons (Fsp3) is 0.333. The van der Waals surface area contributed by atoms with Crippen LogP contribution in [0.1, 0.15) is 12.5 Å². The molecule has 1 saturated heterocycles. The average molecular weight is 316 g/mol. The van der Waals surface area contributed by atoms with E-state index in [0.717, 1.165) is 5.56 Å². The van der Waals surface area contributed by atoms with Gasteiger partial charge in [0.25, 0.3) is 5.91 Å². The van der Waals surface area contributed by atoms with E-state index in [4.69, 9.17) is 10.5 Å². The number of aliphatic imine (C=N–C) groups is 1. The number of hydrogen-bond acceptors (Lipinski definition) is 5. The van der Waals surface area contributed by atoms with Gasteiger partial charge in [-0.15, -0.1) is 0 Å². The van der Waals surface area contributed by atoms with Crippen LogP contribution in [-0.4, -0.2) is 54.4 Å². The summed E-state index contributed by atoms with van der Waals surface area (Å²) in [4.78, 5) is 41.8. The highest BCUT2D eigenvalue weighted by Gasteiger charge is 2.35. The van der Waals surface area contributed by atoms with Crippen LogP contribution in [0.3, 0.4) is 0 Å². The predicted molar refractivity (Wildman–Crippen MR) is 82.0 cm³/mol. The van der Waals surface area contributed by atoms with E-state index in [9.17, 15) is 14.4 Å². The van der Waals surface area contributed by atoms with Crippen molar-refractivity contribution in [1.82, 2.24) is 4.90 Å². The number of anilines is 1. The Bertz CT molecular complexity index is 698. The molecule has 3 amide bonds. The Hall–Kier alpha value is -2.90. The van der Waals surface area contributed by atoms with Crippen LogP contribution in [0.2, 0.25) is 0 Å². The van der Waals surface area contributed by atoms with Crippen molar-refractivity contribution in [2.24, 2.45) is 10.7 Å². The minimum atomic E-state index is -0.936. The molecule has 2 aliphatic rings. The van der Waals surface area contributed by atoms with Gasteiger partial charge in [0.1, 0.15) is 5.84 Å². The summed E-state index contributed by atoms with van der Waals surface area (Å²) in [6.07, 6.45) is -1.54. The molecule has 0 unspecified atom stereocenters. The number of amides is 3. The maximum absolute atomic E-state index is 11.8. The number of rotatable bonds is 3. The van der Waals surface area contributed by atoms with Crippen LogP contribution in [0.15, 0.2) is 29.3 Å². The number of primary amides is 1. The van der Waals surface area contributed by atoms with E-state index in [0.29, 0.717) is 24.6 Å². The van der Waals surface area contributed by atoms with Crippen molar-refractivity contribution in [3.63, 3.8) is 0 Å². The highest BCUT2D eigenvalue weighted by Crippen LogP contribution is 2.23. The molecule has 1 aromatic rings. The molecule has 0 spiro atoms. The number of ether oxygens (including phenoxy) is 1. The van der Waals surface area contributed by atoms with E-state index in [2.05, 4.69) is 4.99 Å². The number of carbonyl (C=O) groups is 3. The lowest BCUT2D eigenvalue weighted by atomic mass is 10.1. The van der Waals surface area contributed by atoms with Gasteiger partial charge in [-0.25, -0.2) is 4.79 Å². The van der Waals surface area contributed by atoms with E-state index in [1.54, 1.807) is 29.2 Å². The molecule has 8 heteroatoms. The van der Waals surface area contributed by atoms with Gasteiger partial charge >= 0.3 is 6.09 Å². The first-order valence-corrected chi connectivity index (χ1v) is 7.18. The van der Waals surface area contributed by atoms with Crippen LogP contribution in [-0.2, 0) is 14.3 Å². The number of amidine groups is 1. The quantitative estimate of drug-likeness (QED) is 0.854. The van der Waals surface area contributed by atoms with E-state index in [1.807, 2.05) is 0 Å². The summed E-state index contributed by atoms with van der Waals surface area (Å²) < 4.78 is 4.90. The highest BCUT2D eigenvalue weighted by molar-refractivity contribution is 6.08. The van der Waals surface area contributed by atoms with Crippen LogP contribution < -0.4 is 10.6 Å². The van der Waals surface area contributed by atoms with Crippen molar-refractivity contribution in [2.75, 3.05) is 24.5 Å². The lowest BCUT2D eigenvalue weighted by Gasteiger charge is -2.17. The molecule has 2 heterocycles. The summed E-state index contributed by atoms with van der Waals surface area (Å²) in [6.45, 7) is 2.74. The van der Waals surface area contributed by atoms with Gasteiger partial charge in [-0.2, -0.15) is 0 Å². The third-order valence-corrected chi connectivity index (χ3v) is 3.79. The molecule has 3 rings (SSSR count). The summed E-state index contributed by atoms with van der Waals surface area (Å²) >= 11 is 0. The molecule has 2 aliphatic heterocycles. The summed E-state index contributed by atoms with van der Waals surface area (Å²) in [6, 6.07) is 7.00. The van der Waals surface area contributed by atoms with Crippen LogP contribution in [0.5, 0.6) is 0 Å². The van der Waals surface area contributed by atoms with E-state index in [-0.39, 0.29) is 12.5 Å². The fourth-order valence-electron chi connectivity index (χ4n) is 2.61. The van der Waals surface area contributed by atoms with Crippen molar-refractivity contribution in [3.8, 4) is 0 Å². The number of nitrogens with two attached hydrogens (primary N) is 1. The highest BCUT2D eigenvalue weighted by atomic mass is 16.6. The van der Waals surface area contributed by atoms with Crippen LogP contribution in [0, 0.1) is 0 Å². The third-order valence-electron chi connectivity index (χ3n) is 3.79. The zero-order valence-electron chi connectivity index (χ0n) is 12.6. The molecule has 23 heavy (non-hydrogen) atoms. The second-order valence-corrected chi connectivity index (χ2v) is 5.31. The molecular weight excluding hydrogens is 300 g/mol. The average Bonchev–Trinajstić information content (AvgIpc) is 3.14. The summed E-state index contributed by atoms with van der Waals surface area (Å²) in [5, 5.41) is 0. The van der Waals surface area contributed by atoms with Gasteiger partial charge in [0.05, 0.1) is 13.1 Å². The molecule has 1 aromatic carbocycles. The second kappa shape index (κ2) is 5.71. The summed E-state index contributed by atoms with van der Waals surface area (Å²) in [7, 11) is 0. The van der Waals surface area contributed by atoms with Crippen LogP contribution in [0.4, 0.5) is 10.5 Å². The van der Waals surface area contributed by atoms with Crippen LogP contribution >= 0.6 is 0 Å². The monoisotopic (exact) mass is 316 g/mol. The Morgan fingerprint density at radius 1 is 1.30 bits per heavy atom. The predicted octanol–water partition coefficient (Wildman–Crippen LogP) is 0.106. The Kier molecular flexibility index (Phi) is 3.73. The first kappa shape index (κ1) is 15.0. The largest absolute Gasteiger partial charge is 0.434 e. The molecule has 0 bridgehead atoms. The van der Waals surface area contributed by atoms with Crippen molar-refractivity contribution in [1.29, 1.82) is 0 Å². The minimum Gasteiger partial charge on any atom is -0.434 e. The van der Waals surface area contributed by atoms with E-state index in [1.165, 1.54) is 11.8 Å². The van der Waals surface area contributed by atoms with E-state index < -0.39 is 18.1 Å². The standard InChI is InChI=1S/C15H16N4O4/c1-9(20)18-7-6-17-14(18)10-2-4-11(5-3-10)19-8-12(13(16)21)23-15(19)22/h2-5,12H,6-8H2,1H3,(H2,16,21)/t12-/m0/s1. The Morgan fingerprint density at radius 3 is 2.57 bits per heavy atom. The second-order valence-electron chi connectivity index (χ2n) is 5.31. The topological polar surface area (TPSA) is 105 Å². The molecule has 120 valence electrons. The lowest BCUT2D eigenvalue weighted by Crippen LogP contribution is -2.33. The Morgan fingerprint density at radius 2 is 2.00 bits per heavy atom. The zero-order valence-corrected chi connectivity index (χ0v) is 12.6. The van der Waals surface area contributed by atoms with Gasteiger partial charge in [-0.1, -0.05) is 0 Å². The molecule has 0 aromatic heterocycles. The fourth-order valence-corrected chi connectivity index (χ4v) is 2.61. The molecule has 1 fully saturated rings. The molecule has 0 aliphatic carbocycles. The van der Waals surface area contributed by atoms with Gasteiger partial charge < -0.3 is 10.5 Å². The molecule has 1 atom stereocenters. The maximum atomic E-state index is 11.8. The van der Waals surface area contributed by atoms with Crippen molar-refractivity contribution in [3.05, 3.63) is 29.8 Å². The molecule has 0 radical (unpaired) electrons. The molecular formula is C15H16N4O4. The van der Waals surface area contributed by atoms with Crippen LogP contribution in [0.25, 0.3) is 0 Å². The number of hydrogen-bond donors (Lipinski definition) is 1. The Labute approximate surface area is 132 Å². The normalized spacial score (nSPS) is 20.5. The van der Waals surface area contributed by atoms with Crippen molar-refractivity contribution >= 4 is 29.4 Å². The van der Waals surface area contributed by atoms with Gasteiger partial charge in [0, 0.05) is 24.7 Å². The molecule has 2 N–H and O–H groups in total.